The molecule has 0 bridgehead atoms. The van der Waals surface area contributed by atoms with Gasteiger partial charge in [-0.05, 0) is 28.1 Å². The molecule has 12 heavy (non-hydrogen) atoms. The number of nitrogens with one attached hydrogen (secondary N) is 1. The quantitative estimate of drug-likeness (QED) is 0.780. The van der Waals surface area contributed by atoms with E-state index in [0.717, 1.165) is 21.2 Å². The average Bonchev–Trinajstić information content (AvgIpc) is 2.46. The van der Waals surface area contributed by atoms with Gasteiger partial charge in [0.1, 0.15) is 5.65 Å². The fraction of sp³-hybridized carbons (Fsp3) is 0.125. The van der Waals surface area contributed by atoms with E-state index in [4.69, 9.17) is 5.11 Å². The number of fused-ring (bicyclic) bond motifs is 1. The molecule has 0 aromatic carbocycles. The minimum Gasteiger partial charge on any atom is -0.390 e. The second-order valence-corrected chi connectivity index (χ2v) is 3.46. The molecule has 0 radical (unpaired) electrons. The maximum Gasteiger partial charge on any atom is 0.137 e. The van der Waals surface area contributed by atoms with E-state index in [1.54, 1.807) is 6.20 Å². The Balaban J connectivity index is 2.67. The number of aromatic amines is 1. The first-order valence-corrected chi connectivity index (χ1v) is 4.33. The molecular weight excluding hydrogens is 220 g/mol. The van der Waals surface area contributed by atoms with Gasteiger partial charge in [0.05, 0.1) is 6.61 Å². The molecule has 0 fully saturated rings. The summed E-state index contributed by atoms with van der Waals surface area (Å²) in [6, 6.07) is 3.84. The van der Waals surface area contributed by atoms with Crippen LogP contribution in [0.25, 0.3) is 11.0 Å². The Morgan fingerprint density at radius 2 is 2.33 bits per heavy atom. The maximum atomic E-state index is 8.84. The molecule has 2 aromatic rings. The number of aliphatic hydroxyl groups excluding tert-OH is 1. The van der Waals surface area contributed by atoms with Gasteiger partial charge < -0.3 is 10.1 Å². The molecule has 0 amide bonds. The highest BCUT2D eigenvalue weighted by Gasteiger charge is 2.00. The van der Waals surface area contributed by atoms with Crippen LogP contribution < -0.4 is 0 Å². The summed E-state index contributed by atoms with van der Waals surface area (Å²) in [6.45, 7) is 0.0218. The lowest BCUT2D eigenvalue weighted by Crippen LogP contribution is -1.80. The molecule has 0 spiro atoms. The highest BCUT2D eigenvalue weighted by molar-refractivity contribution is 9.10. The molecule has 4 heteroatoms. The van der Waals surface area contributed by atoms with Crippen molar-refractivity contribution in [1.29, 1.82) is 0 Å². The molecule has 0 aliphatic rings. The number of hydrogen-bond donors (Lipinski definition) is 2. The van der Waals surface area contributed by atoms with E-state index in [-0.39, 0.29) is 6.61 Å². The Kier molecular flexibility index (Phi) is 1.86. The van der Waals surface area contributed by atoms with Gasteiger partial charge in [0.15, 0.2) is 0 Å². The average molecular weight is 227 g/mol. The van der Waals surface area contributed by atoms with E-state index >= 15 is 0 Å². The van der Waals surface area contributed by atoms with Crippen LogP contribution >= 0.6 is 15.9 Å². The fourth-order valence-corrected chi connectivity index (χ4v) is 1.48. The van der Waals surface area contributed by atoms with E-state index in [0.29, 0.717) is 0 Å². The van der Waals surface area contributed by atoms with Crippen molar-refractivity contribution in [3.8, 4) is 0 Å². The Morgan fingerprint density at radius 3 is 3.08 bits per heavy atom. The smallest absolute Gasteiger partial charge is 0.137 e. The van der Waals surface area contributed by atoms with Crippen LogP contribution in [0.15, 0.2) is 22.8 Å². The van der Waals surface area contributed by atoms with E-state index < -0.39 is 0 Å². The molecule has 0 saturated carbocycles. The zero-order chi connectivity index (χ0) is 8.55. The number of halogens is 1. The van der Waals surface area contributed by atoms with Crippen LogP contribution in [0.1, 0.15) is 5.69 Å². The molecule has 2 rings (SSSR count). The summed E-state index contributed by atoms with van der Waals surface area (Å²) < 4.78 is 0.943. The van der Waals surface area contributed by atoms with Crippen molar-refractivity contribution in [2.75, 3.05) is 0 Å². The molecular formula is C8H7BrN2O. The Hall–Kier alpha value is -0.870. The number of pyridine rings is 1. The lowest BCUT2D eigenvalue weighted by atomic mass is 10.3. The van der Waals surface area contributed by atoms with Gasteiger partial charge in [-0.25, -0.2) is 4.98 Å². The van der Waals surface area contributed by atoms with Gasteiger partial charge in [-0.3, -0.25) is 0 Å². The summed E-state index contributed by atoms with van der Waals surface area (Å²) in [6.07, 6.45) is 1.72. The van der Waals surface area contributed by atoms with Crippen LogP contribution in [0.5, 0.6) is 0 Å². The van der Waals surface area contributed by atoms with Crippen molar-refractivity contribution in [2.24, 2.45) is 0 Å². The number of aliphatic hydroxyl groups is 1. The Bertz CT molecular complexity index is 410. The predicted molar refractivity (Wildman–Crippen MR) is 49.7 cm³/mol. The fourth-order valence-electron chi connectivity index (χ4n) is 1.13. The topological polar surface area (TPSA) is 48.9 Å². The minimum absolute atomic E-state index is 0.0218. The van der Waals surface area contributed by atoms with Gasteiger partial charge in [0, 0.05) is 21.7 Å². The molecule has 3 nitrogen and oxygen atoms in total. The van der Waals surface area contributed by atoms with Gasteiger partial charge in [-0.1, -0.05) is 0 Å². The lowest BCUT2D eigenvalue weighted by Gasteiger charge is -1.88. The molecule has 0 saturated heterocycles. The molecule has 0 atom stereocenters. The van der Waals surface area contributed by atoms with Crippen LogP contribution in [0.3, 0.4) is 0 Å². The first-order valence-electron chi connectivity index (χ1n) is 3.53. The molecule has 62 valence electrons. The van der Waals surface area contributed by atoms with Crippen LogP contribution in [0.2, 0.25) is 0 Å². The first kappa shape index (κ1) is 7.76. The lowest BCUT2D eigenvalue weighted by molar-refractivity contribution is 0.278. The summed E-state index contributed by atoms with van der Waals surface area (Å²) in [5, 5.41) is 9.84. The molecule has 0 aliphatic heterocycles. The van der Waals surface area contributed by atoms with Crippen LogP contribution in [-0.4, -0.2) is 15.1 Å². The second-order valence-electron chi connectivity index (χ2n) is 2.54. The van der Waals surface area contributed by atoms with Crippen LogP contribution in [0, 0.1) is 0 Å². The standard InChI is InChI=1S/C8H7BrN2O/c9-6-1-5-2-7(4-12)11-8(5)10-3-6/h1-3,12H,4H2,(H,10,11). The van der Waals surface area contributed by atoms with Crippen LogP contribution in [-0.2, 0) is 6.61 Å². The monoisotopic (exact) mass is 226 g/mol. The van der Waals surface area contributed by atoms with Gasteiger partial charge in [0.25, 0.3) is 0 Å². The zero-order valence-electron chi connectivity index (χ0n) is 6.21. The maximum absolute atomic E-state index is 8.84. The number of nitrogens with zero attached hydrogens (tertiary/aromatic N) is 1. The first-order chi connectivity index (χ1) is 5.79. The van der Waals surface area contributed by atoms with Crippen molar-refractivity contribution in [3.63, 3.8) is 0 Å². The molecule has 0 aliphatic carbocycles. The minimum atomic E-state index is 0.0218. The van der Waals surface area contributed by atoms with Gasteiger partial charge >= 0.3 is 0 Å². The molecule has 2 heterocycles. The number of hydrogen-bond acceptors (Lipinski definition) is 2. The van der Waals surface area contributed by atoms with E-state index in [2.05, 4.69) is 25.9 Å². The van der Waals surface area contributed by atoms with Crippen molar-refractivity contribution in [3.05, 3.63) is 28.5 Å². The number of rotatable bonds is 1. The summed E-state index contributed by atoms with van der Waals surface area (Å²) in [5.74, 6) is 0. The molecule has 2 aromatic heterocycles. The van der Waals surface area contributed by atoms with Crippen molar-refractivity contribution in [1.82, 2.24) is 9.97 Å². The zero-order valence-corrected chi connectivity index (χ0v) is 7.80. The van der Waals surface area contributed by atoms with Crippen molar-refractivity contribution < 1.29 is 5.11 Å². The van der Waals surface area contributed by atoms with E-state index in [1.807, 2.05) is 12.1 Å². The summed E-state index contributed by atoms with van der Waals surface area (Å²) >= 11 is 3.32. The number of H-pyrrole nitrogens is 1. The highest BCUT2D eigenvalue weighted by Crippen LogP contribution is 2.17. The predicted octanol–water partition coefficient (Wildman–Crippen LogP) is 1.82. The third-order valence-electron chi connectivity index (χ3n) is 1.66. The summed E-state index contributed by atoms with van der Waals surface area (Å²) in [5.41, 5.74) is 1.60. The summed E-state index contributed by atoms with van der Waals surface area (Å²) in [7, 11) is 0. The third-order valence-corrected chi connectivity index (χ3v) is 2.10. The normalized spacial score (nSPS) is 10.8. The highest BCUT2D eigenvalue weighted by atomic mass is 79.9. The Morgan fingerprint density at radius 1 is 1.50 bits per heavy atom. The van der Waals surface area contributed by atoms with Gasteiger partial charge in [0.2, 0.25) is 0 Å². The second kappa shape index (κ2) is 2.88. The van der Waals surface area contributed by atoms with Gasteiger partial charge in [-0.2, -0.15) is 0 Å². The largest absolute Gasteiger partial charge is 0.390 e. The van der Waals surface area contributed by atoms with E-state index in [9.17, 15) is 0 Å². The van der Waals surface area contributed by atoms with Crippen LogP contribution in [0.4, 0.5) is 0 Å². The van der Waals surface area contributed by atoms with Crippen molar-refractivity contribution in [2.45, 2.75) is 6.61 Å². The summed E-state index contributed by atoms with van der Waals surface area (Å²) in [4.78, 5) is 7.13. The van der Waals surface area contributed by atoms with Crippen molar-refractivity contribution >= 4 is 27.0 Å². The van der Waals surface area contributed by atoms with E-state index in [1.165, 1.54) is 0 Å². The van der Waals surface area contributed by atoms with Gasteiger partial charge in [-0.15, -0.1) is 0 Å². The SMILES string of the molecule is OCc1cc2cc(Br)cnc2[nH]1. The third kappa shape index (κ3) is 1.23. The number of aromatic nitrogens is 2. The molecule has 0 unspecified atom stereocenters. The Labute approximate surface area is 77.6 Å². The molecule has 2 N–H and O–H groups in total.